The van der Waals surface area contributed by atoms with Crippen molar-refractivity contribution in [3.05, 3.63) is 100 Å². The third-order valence-corrected chi connectivity index (χ3v) is 8.74. The van der Waals surface area contributed by atoms with Gasteiger partial charge in [-0.25, -0.2) is 8.42 Å². The predicted molar refractivity (Wildman–Crippen MR) is 174 cm³/mol. The van der Waals surface area contributed by atoms with Crippen LogP contribution in [-0.2, 0) is 38.0 Å². The van der Waals surface area contributed by atoms with Gasteiger partial charge in [-0.1, -0.05) is 105 Å². The van der Waals surface area contributed by atoms with Crippen LogP contribution in [0.3, 0.4) is 0 Å². The van der Waals surface area contributed by atoms with Crippen molar-refractivity contribution in [3.63, 3.8) is 0 Å². The summed E-state index contributed by atoms with van der Waals surface area (Å²) in [6.07, 6.45) is 3.12. The molecule has 0 fully saturated rings. The van der Waals surface area contributed by atoms with Crippen molar-refractivity contribution in [2.45, 2.75) is 65.0 Å². The summed E-state index contributed by atoms with van der Waals surface area (Å²) in [5.41, 5.74) is 3.07. The van der Waals surface area contributed by atoms with Gasteiger partial charge in [-0.2, -0.15) is 0 Å². The van der Waals surface area contributed by atoms with E-state index in [1.165, 1.54) is 4.90 Å². The van der Waals surface area contributed by atoms with Crippen LogP contribution in [0.2, 0.25) is 0 Å². The predicted octanol–water partition coefficient (Wildman–Crippen LogP) is 6.07. The highest BCUT2D eigenvalue weighted by Gasteiger charge is 2.33. The average Bonchev–Trinajstić information content (AvgIpc) is 2.94. The maximum absolute atomic E-state index is 14.2. The molecule has 0 heterocycles. The second-order valence-electron chi connectivity index (χ2n) is 11.6. The summed E-state index contributed by atoms with van der Waals surface area (Å²) in [4.78, 5) is 29.3. The Morgan fingerprint density at radius 1 is 0.905 bits per heavy atom. The molecule has 0 saturated carbocycles. The summed E-state index contributed by atoms with van der Waals surface area (Å²) in [5.74, 6) is -0.729. The fourth-order valence-corrected chi connectivity index (χ4v) is 5.70. The Balaban J connectivity index is 2.02. The van der Waals surface area contributed by atoms with Crippen molar-refractivity contribution in [2.75, 3.05) is 23.7 Å². The average molecular weight is 657 g/mol. The maximum Gasteiger partial charge on any atom is 0.244 e. The highest BCUT2D eigenvalue weighted by atomic mass is 79.9. The van der Waals surface area contributed by atoms with Crippen molar-refractivity contribution in [1.29, 1.82) is 0 Å². The van der Waals surface area contributed by atoms with E-state index in [0.717, 1.165) is 44.6 Å². The number of amides is 2. The summed E-state index contributed by atoms with van der Waals surface area (Å²) in [7, 11) is -3.82. The molecule has 0 bridgehead atoms. The van der Waals surface area contributed by atoms with E-state index in [0.29, 0.717) is 18.7 Å². The Morgan fingerprint density at radius 3 is 2.07 bits per heavy atom. The lowest BCUT2D eigenvalue weighted by Crippen LogP contribution is -2.53. The SMILES string of the molecule is CCCCNC(=O)C(Cc1ccccc1)N(Cc1ccc(Br)cc1)C(=O)CN(c1ccc(C(C)(C)C)cc1)S(C)(=O)=O. The fourth-order valence-electron chi connectivity index (χ4n) is 4.59. The van der Waals surface area contributed by atoms with Gasteiger partial charge in [0.15, 0.2) is 0 Å². The molecule has 2 amide bonds. The van der Waals surface area contributed by atoms with Gasteiger partial charge in [-0.3, -0.25) is 13.9 Å². The van der Waals surface area contributed by atoms with Crippen molar-refractivity contribution >= 4 is 43.5 Å². The number of hydrogen-bond donors (Lipinski definition) is 1. The molecule has 42 heavy (non-hydrogen) atoms. The van der Waals surface area contributed by atoms with E-state index in [2.05, 4.69) is 42.0 Å². The number of unbranched alkanes of at least 4 members (excludes halogenated alkanes) is 1. The van der Waals surface area contributed by atoms with E-state index in [4.69, 9.17) is 0 Å². The van der Waals surface area contributed by atoms with Gasteiger partial charge < -0.3 is 10.2 Å². The van der Waals surface area contributed by atoms with Crippen molar-refractivity contribution in [2.24, 2.45) is 0 Å². The molecule has 0 radical (unpaired) electrons. The van der Waals surface area contributed by atoms with Crippen LogP contribution in [-0.4, -0.2) is 50.5 Å². The van der Waals surface area contributed by atoms with Gasteiger partial charge in [0.1, 0.15) is 12.6 Å². The number of sulfonamides is 1. The summed E-state index contributed by atoms with van der Waals surface area (Å²) in [6, 6.07) is 23.5. The third kappa shape index (κ3) is 9.70. The van der Waals surface area contributed by atoms with Crippen LogP contribution >= 0.6 is 15.9 Å². The topological polar surface area (TPSA) is 86.8 Å². The second kappa shape index (κ2) is 14.8. The van der Waals surface area contributed by atoms with Gasteiger partial charge in [-0.05, 0) is 52.8 Å². The molecule has 3 aromatic rings. The fraction of sp³-hybridized carbons (Fsp3) is 0.394. The van der Waals surface area contributed by atoms with Crippen molar-refractivity contribution in [3.8, 4) is 0 Å². The molecule has 1 N–H and O–H groups in total. The molecule has 0 spiro atoms. The Labute approximate surface area is 259 Å². The van der Waals surface area contributed by atoms with Crippen LogP contribution in [0.15, 0.2) is 83.3 Å². The Kier molecular flexibility index (Phi) is 11.8. The largest absolute Gasteiger partial charge is 0.354 e. The summed E-state index contributed by atoms with van der Waals surface area (Å²) < 4.78 is 28.0. The molecule has 3 aromatic carbocycles. The molecular weight excluding hydrogens is 614 g/mol. The van der Waals surface area contributed by atoms with Crippen molar-refractivity contribution in [1.82, 2.24) is 10.2 Å². The monoisotopic (exact) mass is 655 g/mol. The van der Waals surface area contributed by atoms with E-state index in [9.17, 15) is 18.0 Å². The molecule has 0 aliphatic rings. The van der Waals surface area contributed by atoms with Crippen LogP contribution in [0.4, 0.5) is 5.69 Å². The highest BCUT2D eigenvalue weighted by molar-refractivity contribution is 9.10. The minimum atomic E-state index is -3.82. The first kappa shape index (κ1) is 33.3. The summed E-state index contributed by atoms with van der Waals surface area (Å²) in [6.45, 7) is 8.50. The van der Waals surface area contributed by atoms with Crippen LogP contribution in [0.25, 0.3) is 0 Å². The highest BCUT2D eigenvalue weighted by Crippen LogP contribution is 2.26. The van der Waals surface area contributed by atoms with Gasteiger partial charge in [0.25, 0.3) is 0 Å². The molecule has 9 heteroatoms. The zero-order valence-electron chi connectivity index (χ0n) is 25.1. The Hall–Kier alpha value is -3.17. The van der Waals surface area contributed by atoms with Gasteiger partial charge in [0.05, 0.1) is 11.9 Å². The smallest absolute Gasteiger partial charge is 0.244 e. The van der Waals surface area contributed by atoms with Crippen LogP contribution in [0.1, 0.15) is 57.2 Å². The van der Waals surface area contributed by atoms with E-state index in [-0.39, 0.29) is 17.9 Å². The summed E-state index contributed by atoms with van der Waals surface area (Å²) >= 11 is 3.45. The first-order valence-electron chi connectivity index (χ1n) is 14.2. The molecule has 0 aliphatic heterocycles. The number of rotatable bonds is 13. The van der Waals surface area contributed by atoms with Gasteiger partial charge in [0.2, 0.25) is 21.8 Å². The Morgan fingerprint density at radius 2 is 1.52 bits per heavy atom. The van der Waals surface area contributed by atoms with E-state index in [1.54, 1.807) is 12.1 Å². The van der Waals surface area contributed by atoms with Crippen LogP contribution in [0, 0.1) is 0 Å². The number of benzene rings is 3. The quantitative estimate of drug-likeness (QED) is 0.227. The first-order valence-corrected chi connectivity index (χ1v) is 16.9. The van der Waals surface area contributed by atoms with Crippen LogP contribution < -0.4 is 9.62 Å². The first-order chi connectivity index (χ1) is 19.8. The minimum absolute atomic E-state index is 0.110. The molecule has 1 atom stereocenters. The number of carbonyl (C=O) groups excluding carboxylic acids is 2. The van der Waals surface area contributed by atoms with Gasteiger partial charge in [-0.15, -0.1) is 0 Å². The van der Waals surface area contributed by atoms with Gasteiger partial charge in [0, 0.05) is 24.0 Å². The lowest BCUT2D eigenvalue weighted by atomic mass is 9.87. The van der Waals surface area contributed by atoms with E-state index in [1.807, 2.05) is 73.7 Å². The molecule has 1 unspecified atom stereocenters. The Bertz CT molecular complexity index is 1420. The number of nitrogens with zero attached hydrogens (tertiary/aromatic N) is 2. The molecule has 7 nitrogen and oxygen atoms in total. The van der Waals surface area contributed by atoms with E-state index < -0.39 is 28.5 Å². The molecule has 226 valence electrons. The molecule has 0 saturated heterocycles. The zero-order valence-corrected chi connectivity index (χ0v) is 27.5. The normalized spacial score (nSPS) is 12.4. The number of carbonyl (C=O) groups is 2. The lowest BCUT2D eigenvalue weighted by Gasteiger charge is -2.33. The van der Waals surface area contributed by atoms with E-state index >= 15 is 0 Å². The maximum atomic E-state index is 14.2. The second-order valence-corrected chi connectivity index (χ2v) is 14.4. The van der Waals surface area contributed by atoms with Crippen LogP contribution in [0.5, 0.6) is 0 Å². The number of halogens is 1. The lowest BCUT2D eigenvalue weighted by molar-refractivity contribution is -0.140. The molecular formula is C33H42BrN3O4S. The molecule has 3 rings (SSSR count). The van der Waals surface area contributed by atoms with Crippen molar-refractivity contribution < 1.29 is 18.0 Å². The third-order valence-electron chi connectivity index (χ3n) is 7.07. The van der Waals surface area contributed by atoms with Gasteiger partial charge >= 0.3 is 0 Å². The molecule has 0 aliphatic carbocycles. The standard InChI is InChI=1S/C33H42BrN3O4S/c1-6-7-21-35-32(39)30(22-25-11-9-8-10-12-25)36(23-26-13-17-28(34)18-14-26)31(38)24-37(42(5,40)41)29-19-15-27(16-20-29)33(2,3)4/h8-20,30H,6-7,21-24H2,1-5H3,(H,35,39). The number of anilines is 1. The summed E-state index contributed by atoms with van der Waals surface area (Å²) in [5, 5.41) is 3.00. The molecule has 0 aromatic heterocycles. The number of nitrogens with one attached hydrogen (secondary N) is 1. The number of hydrogen-bond acceptors (Lipinski definition) is 4. The minimum Gasteiger partial charge on any atom is -0.354 e. The zero-order chi connectivity index (χ0) is 30.9.